The molecule has 0 aliphatic carbocycles. The van der Waals surface area contributed by atoms with Crippen molar-refractivity contribution in [2.45, 2.75) is 31.3 Å². The fourth-order valence-corrected chi connectivity index (χ4v) is 4.66. The molecule has 8 nitrogen and oxygen atoms in total. The van der Waals surface area contributed by atoms with Gasteiger partial charge in [-0.25, -0.2) is 4.79 Å². The normalized spacial score (nSPS) is 18.2. The van der Waals surface area contributed by atoms with E-state index in [0.29, 0.717) is 54.5 Å². The van der Waals surface area contributed by atoms with Gasteiger partial charge in [-0.1, -0.05) is 18.2 Å². The number of carbonyl (C=O) groups is 2. The third kappa shape index (κ3) is 3.75. The van der Waals surface area contributed by atoms with Gasteiger partial charge in [-0.3, -0.25) is 9.69 Å². The molecule has 0 bridgehead atoms. The Bertz CT molecular complexity index is 1000. The summed E-state index contributed by atoms with van der Waals surface area (Å²) in [4.78, 5) is 27.6. The lowest BCUT2D eigenvalue weighted by Crippen LogP contribution is -2.57. The number of nitrogens with zero attached hydrogens (tertiary/aromatic N) is 1. The maximum absolute atomic E-state index is 13.3. The summed E-state index contributed by atoms with van der Waals surface area (Å²) in [6.07, 6.45) is 0.941. The van der Waals surface area contributed by atoms with Crippen LogP contribution in [0.15, 0.2) is 36.4 Å². The molecule has 1 amide bonds. The Morgan fingerprint density at radius 1 is 1.06 bits per heavy atom. The van der Waals surface area contributed by atoms with Gasteiger partial charge in [0.25, 0.3) is 0 Å². The molecule has 1 spiro atoms. The number of benzene rings is 2. The van der Waals surface area contributed by atoms with Crippen molar-refractivity contribution in [2.75, 3.05) is 34.4 Å². The van der Waals surface area contributed by atoms with E-state index < -0.39 is 11.6 Å². The lowest BCUT2D eigenvalue weighted by atomic mass is 9.79. The van der Waals surface area contributed by atoms with Crippen LogP contribution in [0, 0.1) is 0 Å². The molecule has 32 heavy (non-hydrogen) atoms. The van der Waals surface area contributed by atoms with Crippen molar-refractivity contribution >= 4 is 11.9 Å². The minimum atomic E-state index is -0.474. The first-order chi connectivity index (χ1) is 15.4. The molecule has 2 heterocycles. The summed E-state index contributed by atoms with van der Waals surface area (Å²) in [5.41, 5.74) is 1.01. The van der Waals surface area contributed by atoms with Crippen LogP contribution < -0.4 is 24.3 Å². The van der Waals surface area contributed by atoms with E-state index >= 15 is 0 Å². The number of ether oxygens (including phenoxy) is 4. The molecule has 0 aromatic heterocycles. The average molecular weight is 440 g/mol. The number of para-hydroxylation sites is 1. The Morgan fingerprint density at radius 3 is 2.28 bits per heavy atom. The molecule has 1 fully saturated rings. The number of Topliss-reactive ketones (excluding diaryl/α,β-unsaturated/α-hetero) is 1. The van der Waals surface area contributed by atoms with E-state index in [2.05, 4.69) is 10.2 Å². The fraction of sp³-hybridized carbons (Fsp3) is 0.417. The molecule has 170 valence electrons. The smallest absolute Gasteiger partial charge is 0.413 e. The fourth-order valence-electron chi connectivity index (χ4n) is 4.66. The molecule has 2 aromatic carbocycles. The lowest BCUT2D eigenvalue weighted by molar-refractivity contribution is 0.0667. The molecule has 8 heteroatoms. The van der Waals surface area contributed by atoms with Crippen molar-refractivity contribution in [3.8, 4) is 23.0 Å². The number of hydrogen-bond acceptors (Lipinski definition) is 7. The van der Waals surface area contributed by atoms with Gasteiger partial charge in [0, 0.05) is 24.2 Å². The number of amides is 1. The first-order valence-corrected chi connectivity index (χ1v) is 10.6. The SMILES string of the molecule is COc1cc(C(=O)C(C)N2CCC3(CC2)NC(=O)Oc2ccccc23)cc(OC)c1OC. The van der Waals surface area contributed by atoms with Gasteiger partial charge in [-0.15, -0.1) is 0 Å². The van der Waals surface area contributed by atoms with E-state index in [1.807, 2.05) is 31.2 Å². The van der Waals surface area contributed by atoms with Crippen LogP contribution in [0.2, 0.25) is 0 Å². The highest BCUT2D eigenvalue weighted by Gasteiger charge is 2.44. The van der Waals surface area contributed by atoms with Gasteiger partial charge in [-0.2, -0.15) is 0 Å². The van der Waals surface area contributed by atoms with Crippen LogP contribution in [0.3, 0.4) is 0 Å². The number of carbonyl (C=O) groups excluding carboxylic acids is 2. The van der Waals surface area contributed by atoms with Crippen molar-refractivity contribution in [1.82, 2.24) is 10.2 Å². The topological polar surface area (TPSA) is 86.3 Å². The minimum Gasteiger partial charge on any atom is -0.493 e. The van der Waals surface area contributed by atoms with Gasteiger partial charge in [0.2, 0.25) is 5.75 Å². The second-order valence-electron chi connectivity index (χ2n) is 8.08. The molecule has 2 aromatic rings. The molecular weight excluding hydrogens is 412 g/mol. The third-order valence-corrected chi connectivity index (χ3v) is 6.47. The predicted octanol–water partition coefficient (Wildman–Crippen LogP) is 3.38. The molecule has 2 aliphatic rings. The first-order valence-electron chi connectivity index (χ1n) is 10.6. The Hall–Kier alpha value is -3.26. The molecule has 1 N–H and O–H groups in total. The first kappa shape index (κ1) is 22.0. The van der Waals surface area contributed by atoms with Crippen molar-refractivity contribution < 1.29 is 28.5 Å². The predicted molar refractivity (Wildman–Crippen MR) is 118 cm³/mol. The molecule has 2 aliphatic heterocycles. The van der Waals surface area contributed by atoms with E-state index in [4.69, 9.17) is 18.9 Å². The maximum Gasteiger partial charge on any atom is 0.413 e. The minimum absolute atomic E-state index is 0.0309. The molecule has 1 saturated heterocycles. The van der Waals surface area contributed by atoms with Crippen molar-refractivity contribution in [3.63, 3.8) is 0 Å². The zero-order valence-electron chi connectivity index (χ0n) is 18.8. The standard InChI is InChI=1S/C24H28N2O6/c1-15(21(27)16-13-19(29-2)22(31-4)20(14-16)30-3)26-11-9-24(10-12-26)17-7-5-6-8-18(17)32-23(28)25-24/h5-8,13-15H,9-12H2,1-4H3,(H,25,28). The van der Waals surface area contributed by atoms with E-state index in [1.54, 1.807) is 12.1 Å². The zero-order valence-corrected chi connectivity index (χ0v) is 18.8. The maximum atomic E-state index is 13.3. The van der Waals surface area contributed by atoms with Gasteiger partial charge in [-0.05, 0) is 38.0 Å². The molecule has 0 saturated carbocycles. The van der Waals surface area contributed by atoms with Gasteiger partial charge < -0.3 is 24.3 Å². The summed E-state index contributed by atoms with van der Waals surface area (Å²) in [5.74, 6) is 1.92. The summed E-state index contributed by atoms with van der Waals surface area (Å²) in [5, 5.41) is 3.03. The summed E-state index contributed by atoms with van der Waals surface area (Å²) >= 11 is 0. The van der Waals surface area contributed by atoms with Crippen molar-refractivity contribution in [3.05, 3.63) is 47.5 Å². The van der Waals surface area contributed by atoms with Crippen LogP contribution in [0.4, 0.5) is 4.79 Å². The second kappa shape index (κ2) is 8.70. The number of nitrogens with one attached hydrogen (secondary N) is 1. The van der Waals surface area contributed by atoms with Crippen LogP contribution >= 0.6 is 0 Å². The van der Waals surface area contributed by atoms with Gasteiger partial charge in [0.15, 0.2) is 17.3 Å². The van der Waals surface area contributed by atoms with Gasteiger partial charge in [0.05, 0.1) is 32.9 Å². The third-order valence-electron chi connectivity index (χ3n) is 6.47. The Morgan fingerprint density at radius 2 is 1.69 bits per heavy atom. The summed E-state index contributed by atoms with van der Waals surface area (Å²) in [6, 6.07) is 10.6. The number of likely N-dealkylation sites (tertiary alicyclic amines) is 1. The number of piperidine rings is 1. The lowest BCUT2D eigenvalue weighted by Gasteiger charge is -2.46. The zero-order chi connectivity index (χ0) is 22.9. The van der Waals surface area contributed by atoms with Crippen LogP contribution in [0.5, 0.6) is 23.0 Å². The summed E-state index contributed by atoms with van der Waals surface area (Å²) in [6.45, 7) is 3.22. The number of methoxy groups -OCH3 is 3. The quantitative estimate of drug-likeness (QED) is 0.689. The molecule has 1 unspecified atom stereocenters. The van der Waals surface area contributed by atoms with Crippen LogP contribution in [-0.4, -0.2) is 57.2 Å². The Labute approximate surface area is 187 Å². The van der Waals surface area contributed by atoms with Gasteiger partial charge >= 0.3 is 6.09 Å². The van der Waals surface area contributed by atoms with Crippen LogP contribution in [-0.2, 0) is 5.54 Å². The number of ketones is 1. The molecule has 4 rings (SSSR count). The van der Waals surface area contributed by atoms with Gasteiger partial charge in [0.1, 0.15) is 5.75 Å². The second-order valence-corrected chi connectivity index (χ2v) is 8.08. The van der Waals surface area contributed by atoms with E-state index in [1.165, 1.54) is 21.3 Å². The number of hydrogen-bond donors (Lipinski definition) is 1. The Kier molecular flexibility index (Phi) is 5.97. The largest absolute Gasteiger partial charge is 0.493 e. The average Bonchev–Trinajstić information content (AvgIpc) is 2.82. The summed E-state index contributed by atoms with van der Waals surface area (Å²) in [7, 11) is 4.58. The highest BCUT2D eigenvalue weighted by Crippen LogP contribution is 2.42. The molecule has 0 radical (unpaired) electrons. The summed E-state index contributed by atoms with van der Waals surface area (Å²) < 4.78 is 21.5. The monoisotopic (exact) mass is 440 g/mol. The number of fused-ring (bicyclic) bond motifs is 2. The highest BCUT2D eigenvalue weighted by molar-refractivity contribution is 6.01. The van der Waals surface area contributed by atoms with E-state index in [-0.39, 0.29) is 11.8 Å². The van der Waals surface area contributed by atoms with Crippen molar-refractivity contribution in [1.29, 1.82) is 0 Å². The van der Waals surface area contributed by atoms with Crippen LogP contribution in [0.25, 0.3) is 0 Å². The Balaban J connectivity index is 1.53. The van der Waals surface area contributed by atoms with E-state index in [9.17, 15) is 9.59 Å². The highest BCUT2D eigenvalue weighted by atomic mass is 16.6. The number of rotatable bonds is 6. The van der Waals surface area contributed by atoms with E-state index in [0.717, 1.165) is 5.56 Å². The molecule has 1 atom stereocenters. The molecular formula is C24H28N2O6. The van der Waals surface area contributed by atoms with Crippen LogP contribution in [0.1, 0.15) is 35.7 Å². The van der Waals surface area contributed by atoms with Crippen molar-refractivity contribution in [2.24, 2.45) is 0 Å².